The average Bonchev–Trinajstić information content (AvgIpc) is 2.52. The number of Topliss-reactive ketones (excluding diaryl/α,β-unsaturated/α-hetero) is 1. The van der Waals surface area contributed by atoms with E-state index in [9.17, 15) is 4.79 Å². The van der Waals surface area contributed by atoms with Crippen LogP contribution in [0.3, 0.4) is 0 Å². The Balaban J connectivity index is 2.20. The first-order valence-corrected chi connectivity index (χ1v) is 7.31. The van der Waals surface area contributed by atoms with Gasteiger partial charge in [-0.05, 0) is 37.3 Å². The lowest BCUT2D eigenvalue weighted by atomic mass is 10.1. The van der Waals surface area contributed by atoms with Gasteiger partial charge in [0.05, 0.1) is 25.7 Å². The first-order chi connectivity index (χ1) is 10.1. The molecule has 0 bridgehead atoms. The van der Waals surface area contributed by atoms with Crippen molar-refractivity contribution in [2.24, 2.45) is 0 Å². The molecule has 0 amide bonds. The van der Waals surface area contributed by atoms with Crippen LogP contribution in [0.1, 0.15) is 6.92 Å². The van der Waals surface area contributed by atoms with Gasteiger partial charge in [-0.15, -0.1) is 10.2 Å². The van der Waals surface area contributed by atoms with Gasteiger partial charge in [0, 0.05) is 5.56 Å². The molecule has 0 atom stereocenters. The van der Waals surface area contributed by atoms with E-state index in [-0.39, 0.29) is 5.78 Å². The zero-order valence-electron chi connectivity index (χ0n) is 12.1. The average molecular weight is 304 g/mol. The number of hydrogen-bond donors (Lipinski definition) is 0. The van der Waals surface area contributed by atoms with Crippen molar-refractivity contribution in [1.82, 2.24) is 10.2 Å². The molecule has 110 valence electrons. The normalized spacial score (nSPS) is 10.2. The summed E-state index contributed by atoms with van der Waals surface area (Å²) in [4.78, 5) is 10.9. The Morgan fingerprint density at radius 1 is 1.10 bits per heavy atom. The van der Waals surface area contributed by atoms with Crippen molar-refractivity contribution < 1.29 is 14.3 Å². The maximum absolute atomic E-state index is 10.9. The zero-order chi connectivity index (χ0) is 15.2. The van der Waals surface area contributed by atoms with E-state index in [0.29, 0.717) is 17.3 Å². The summed E-state index contributed by atoms with van der Waals surface area (Å²) in [7, 11) is 3.19. The Morgan fingerprint density at radius 2 is 1.86 bits per heavy atom. The van der Waals surface area contributed by atoms with Crippen molar-refractivity contribution in [3.63, 3.8) is 0 Å². The number of ketones is 1. The van der Waals surface area contributed by atoms with Gasteiger partial charge in [-0.25, -0.2) is 0 Å². The number of rotatable bonds is 6. The predicted molar refractivity (Wildman–Crippen MR) is 82.0 cm³/mol. The summed E-state index contributed by atoms with van der Waals surface area (Å²) >= 11 is 1.38. The molecule has 2 rings (SSSR count). The maximum Gasteiger partial charge on any atom is 0.161 e. The molecular formula is C15H16N2O3S. The minimum Gasteiger partial charge on any atom is -0.493 e. The molecule has 0 aliphatic carbocycles. The summed E-state index contributed by atoms with van der Waals surface area (Å²) in [6.45, 7) is 1.55. The second kappa shape index (κ2) is 7.08. The topological polar surface area (TPSA) is 61.3 Å². The monoisotopic (exact) mass is 304 g/mol. The number of carbonyl (C=O) groups is 1. The first-order valence-electron chi connectivity index (χ1n) is 6.32. The smallest absolute Gasteiger partial charge is 0.161 e. The summed E-state index contributed by atoms with van der Waals surface area (Å²) in [6.07, 6.45) is 0. The van der Waals surface area contributed by atoms with Crippen LogP contribution in [0, 0.1) is 0 Å². The number of benzene rings is 1. The SMILES string of the molecule is COc1ccc(-c2ccc(SCC(C)=O)nn2)cc1OC. The van der Waals surface area contributed by atoms with Gasteiger partial charge in [0.1, 0.15) is 10.8 Å². The first kappa shape index (κ1) is 15.3. The zero-order valence-corrected chi connectivity index (χ0v) is 12.9. The van der Waals surface area contributed by atoms with Crippen molar-refractivity contribution in [2.75, 3.05) is 20.0 Å². The van der Waals surface area contributed by atoms with Crippen LogP contribution in [0.2, 0.25) is 0 Å². The summed E-state index contributed by atoms with van der Waals surface area (Å²) < 4.78 is 10.5. The molecule has 0 aliphatic rings. The molecule has 0 fully saturated rings. The van der Waals surface area contributed by atoms with Crippen LogP contribution in [0.25, 0.3) is 11.3 Å². The van der Waals surface area contributed by atoms with Gasteiger partial charge in [0.15, 0.2) is 11.5 Å². The lowest BCUT2D eigenvalue weighted by Crippen LogP contribution is -1.96. The van der Waals surface area contributed by atoms with Crippen LogP contribution in [0.5, 0.6) is 11.5 Å². The van der Waals surface area contributed by atoms with Crippen LogP contribution in [0.15, 0.2) is 35.4 Å². The lowest BCUT2D eigenvalue weighted by molar-refractivity contribution is -0.114. The van der Waals surface area contributed by atoms with E-state index in [2.05, 4.69) is 10.2 Å². The number of ether oxygens (including phenoxy) is 2. The molecule has 5 nitrogen and oxygen atoms in total. The molecule has 0 aliphatic heterocycles. The molecule has 0 N–H and O–H groups in total. The standard InChI is InChI=1S/C15H16N2O3S/c1-10(18)9-21-15-7-5-12(16-17-15)11-4-6-13(19-2)14(8-11)20-3/h4-8H,9H2,1-3H3. The molecule has 1 heterocycles. The van der Waals surface area contributed by atoms with Gasteiger partial charge < -0.3 is 9.47 Å². The highest BCUT2D eigenvalue weighted by molar-refractivity contribution is 7.99. The Bertz CT molecular complexity index is 629. The molecule has 0 saturated carbocycles. The fraction of sp³-hybridized carbons (Fsp3) is 0.267. The van der Waals surface area contributed by atoms with Crippen molar-refractivity contribution in [1.29, 1.82) is 0 Å². The highest BCUT2D eigenvalue weighted by Crippen LogP contribution is 2.31. The number of thioether (sulfide) groups is 1. The summed E-state index contributed by atoms with van der Waals surface area (Å²) in [5.74, 6) is 1.84. The molecular weight excluding hydrogens is 288 g/mol. The van der Waals surface area contributed by atoms with Gasteiger partial charge >= 0.3 is 0 Å². The van der Waals surface area contributed by atoms with E-state index in [4.69, 9.17) is 9.47 Å². The minimum absolute atomic E-state index is 0.116. The largest absolute Gasteiger partial charge is 0.493 e. The van der Waals surface area contributed by atoms with E-state index in [0.717, 1.165) is 16.3 Å². The van der Waals surface area contributed by atoms with Gasteiger partial charge in [0.25, 0.3) is 0 Å². The van der Waals surface area contributed by atoms with Gasteiger partial charge in [-0.1, -0.05) is 11.8 Å². The third-order valence-electron chi connectivity index (χ3n) is 2.74. The number of aromatic nitrogens is 2. The second-order valence-corrected chi connectivity index (χ2v) is 5.31. The van der Waals surface area contributed by atoms with E-state index >= 15 is 0 Å². The van der Waals surface area contributed by atoms with Gasteiger partial charge in [-0.2, -0.15) is 0 Å². The molecule has 1 aromatic heterocycles. The van der Waals surface area contributed by atoms with Gasteiger partial charge in [-0.3, -0.25) is 4.79 Å². The van der Waals surface area contributed by atoms with Crippen LogP contribution in [-0.2, 0) is 4.79 Å². The third kappa shape index (κ3) is 3.95. The maximum atomic E-state index is 10.9. The highest BCUT2D eigenvalue weighted by atomic mass is 32.2. The van der Waals surface area contributed by atoms with Crippen LogP contribution in [-0.4, -0.2) is 36.0 Å². The predicted octanol–water partition coefficient (Wildman–Crippen LogP) is 2.84. The molecule has 0 radical (unpaired) electrons. The number of methoxy groups -OCH3 is 2. The fourth-order valence-corrected chi connectivity index (χ4v) is 2.34. The minimum atomic E-state index is 0.116. The van der Waals surface area contributed by atoms with E-state index in [1.165, 1.54) is 11.8 Å². The summed E-state index contributed by atoms with van der Waals surface area (Å²) in [6, 6.07) is 9.30. The van der Waals surface area contributed by atoms with Crippen molar-refractivity contribution >= 4 is 17.5 Å². The Labute approximate surface area is 127 Å². The van der Waals surface area contributed by atoms with Crippen LogP contribution in [0.4, 0.5) is 0 Å². The van der Waals surface area contributed by atoms with E-state index in [1.807, 2.05) is 30.3 Å². The molecule has 0 saturated heterocycles. The molecule has 21 heavy (non-hydrogen) atoms. The quantitative estimate of drug-likeness (QED) is 0.765. The van der Waals surface area contributed by atoms with Gasteiger partial charge in [0.2, 0.25) is 0 Å². The Hall–Kier alpha value is -2.08. The number of carbonyl (C=O) groups excluding carboxylic acids is 1. The molecule has 6 heteroatoms. The fourth-order valence-electron chi connectivity index (χ4n) is 1.72. The molecule has 0 spiro atoms. The van der Waals surface area contributed by atoms with E-state index in [1.54, 1.807) is 21.1 Å². The van der Waals surface area contributed by atoms with Crippen molar-refractivity contribution in [3.05, 3.63) is 30.3 Å². The molecule has 1 aromatic carbocycles. The van der Waals surface area contributed by atoms with Crippen molar-refractivity contribution in [3.8, 4) is 22.8 Å². The number of nitrogens with zero attached hydrogens (tertiary/aromatic N) is 2. The Kier molecular flexibility index (Phi) is 5.16. The Morgan fingerprint density at radius 3 is 2.43 bits per heavy atom. The van der Waals surface area contributed by atoms with Crippen LogP contribution >= 0.6 is 11.8 Å². The molecule has 0 unspecified atom stereocenters. The molecule has 2 aromatic rings. The summed E-state index contributed by atoms with van der Waals surface area (Å²) in [5.41, 5.74) is 1.63. The van der Waals surface area contributed by atoms with Crippen LogP contribution < -0.4 is 9.47 Å². The van der Waals surface area contributed by atoms with Crippen molar-refractivity contribution in [2.45, 2.75) is 11.9 Å². The lowest BCUT2D eigenvalue weighted by Gasteiger charge is -2.09. The summed E-state index contributed by atoms with van der Waals surface area (Å²) in [5, 5.41) is 9.02. The third-order valence-corrected chi connectivity index (χ3v) is 3.81. The number of hydrogen-bond acceptors (Lipinski definition) is 6. The highest BCUT2D eigenvalue weighted by Gasteiger charge is 2.08. The second-order valence-electron chi connectivity index (χ2n) is 4.32. The van der Waals surface area contributed by atoms with E-state index < -0.39 is 0 Å².